The second-order valence-electron chi connectivity index (χ2n) is 7.09. The van der Waals surface area contributed by atoms with Gasteiger partial charge in [-0.25, -0.2) is 13.1 Å². The first-order valence-electron chi connectivity index (χ1n) is 9.09. The number of nitrogens with one attached hydrogen (secondary N) is 3. The van der Waals surface area contributed by atoms with E-state index in [2.05, 4.69) is 20.3 Å². The predicted octanol–water partition coefficient (Wildman–Crippen LogP) is 0.278. The molecule has 2 aliphatic rings. The van der Waals surface area contributed by atoms with Gasteiger partial charge in [-0.1, -0.05) is 6.42 Å². The number of hydrogen-bond donors (Lipinski definition) is 4. The lowest BCUT2D eigenvalue weighted by atomic mass is 9.84. The molecule has 154 valence electrons. The topological polar surface area (TPSA) is 112 Å². The van der Waals surface area contributed by atoms with Crippen LogP contribution >= 0.6 is 24.0 Å². The van der Waals surface area contributed by atoms with Crippen molar-refractivity contribution < 1.29 is 18.3 Å². The lowest BCUT2D eigenvalue weighted by Gasteiger charge is -2.27. The SMILES string of the molecule is CN=C(NCCS(=O)(=O)NCC1CCC1)NCC1(CCO)CCOC1.I. The number of aliphatic hydroxyl groups is 1. The van der Waals surface area contributed by atoms with Crippen molar-refractivity contribution in [3.8, 4) is 0 Å². The summed E-state index contributed by atoms with van der Waals surface area (Å²) in [5, 5.41) is 15.5. The van der Waals surface area contributed by atoms with Crippen molar-refractivity contribution in [2.75, 3.05) is 52.3 Å². The van der Waals surface area contributed by atoms with Crippen molar-refractivity contribution in [3.05, 3.63) is 0 Å². The lowest BCUT2D eigenvalue weighted by molar-refractivity contribution is 0.127. The molecule has 0 radical (unpaired) electrons. The van der Waals surface area contributed by atoms with E-state index >= 15 is 0 Å². The van der Waals surface area contributed by atoms with Crippen LogP contribution in [0.15, 0.2) is 4.99 Å². The van der Waals surface area contributed by atoms with E-state index in [9.17, 15) is 13.5 Å². The summed E-state index contributed by atoms with van der Waals surface area (Å²) in [5.41, 5.74) is -0.0806. The van der Waals surface area contributed by atoms with Crippen LogP contribution in [-0.4, -0.2) is 71.7 Å². The fourth-order valence-electron chi connectivity index (χ4n) is 3.12. The summed E-state index contributed by atoms with van der Waals surface area (Å²) in [6.07, 6.45) is 5.03. The minimum atomic E-state index is -3.26. The number of nitrogens with zero attached hydrogens (tertiary/aromatic N) is 1. The third-order valence-electron chi connectivity index (χ3n) is 5.16. The highest BCUT2D eigenvalue weighted by Gasteiger charge is 2.34. The van der Waals surface area contributed by atoms with Gasteiger partial charge in [0.15, 0.2) is 5.96 Å². The van der Waals surface area contributed by atoms with E-state index in [1.165, 1.54) is 6.42 Å². The molecule has 0 aromatic rings. The van der Waals surface area contributed by atoms with Crippen LogP contribution in [0.1, 0.15) is 32.1 Å². The molecule has 1 atom stereocenters. The number of sulfonamides is 1. The third-order valence-corrected chi connectivity index (χ3v) is 6.51. The number of hydrogen-bond acceptors (Lipinski definition) is 5. The summed E-state index contributed by atoms with van der Waals surface area (Å²) in [6.45, 7) is 2.94. The fraction of sp³-hybridized carbons (Fsp3) is 0.938. The molecule has 8 nitrogen and oxygen atoms in total. The molecule has 1 aliphatic carbocycles. The van der Waals surface area contributed by atoms with E-state index in [-0.39, 0.29) is 41.8 Å². The summed E-state index contributed by atoms with van der Waals surface area (Å²) < 4.78 is 32.1. The minimum Gasteiger partial charge on any atom is -0.396 e. The summed E-state index contributed by atoms with van der Waals surface area (Å²) in [5.74, 6) is 1.10. The number of guanidine groups is 1. The van der Waals surface area contributed by atoms with Gasteiger partial charge in [-0.05, 0) is 31.6 Å². The third kappa shape index (κ3) is 7.83. The van der Waals surface area contributed by atoms with Crippen LogP contribution in [0.2, 0.25) is 0 Å². The van der Waals surface area contributed by atoms with Crippen molar-refractivity contribution in [1.82, 2.24) is 15.4 Å². The second kappa shape index (κ2) is 11.6. The molecule has 0 amide bonds. The maximum absolute atomic E-state index is 12.0. The van der Waals surface area contributed by atoms with E-state index in [1.54, 1.807) is 7.05 Å². The van der Waals surface area contributed by atoms with Gasteiger partial charge in [0.25, 0.3) is 0 Å². The van der Waals surface area contributed by atoms with Crippen LogP contribution in [-0.2, 0) is 14.8 Å². The molecule has 26 heavy (non-hydrogen) atoms. The Balaban J connectivity index is 0.00000338. The Morgan fingerprint density at radius 2 is 2.12 bits per heavy atom. The minimum absolute atomic E-state index is 0. The zero-order valence-corrected chi connectivity index (χ0v) is 18.6. The number of ether oxygens (including phenoxy) is 1. The second-order valence-corrected chi connectivity index (χ2v) is 9.02. The molecule has 1 saturated carbocycles. The molecule has 1 heterocycles. The highest BCUT2D eigenvalue weighted by Crippen LogP contribution is 2.31. The monoisotopic (exact) mass is 504 g/mol. The molecule has 0 bridgehead atoms. The average molecular weight is 504 g/mol. The van der Waals surface area contributed by atoms with Gasteiger partial charge >= 0.3 is 0 Å². The zero-order valence-electron chi connectivity index (χ0n) is 15.5. The van der Waals surface area contributed by atoms with Crippen LogP contribution in [0.4, 0.5) is 0 Å². The molecular weight excluding hydrogens is 471 g/mol. The van der Waals surface area contributed by atoms with Crippen LogP contribution in [0.3, 0.4) is 0 Å². The molecule has 0 aromatic heterocycles. The van der Waals surface area contributed by atoms with Gasteiger partial charge in [-0.2, -0.15) is 0 Å². The first-order valence-corrected chi connectivity index (χ1v) is 10.7. The Labute approximate surface area is 174 Å². The number of halogens is 1. The van der Waals surface area contributed by atoms with E-state index in [0.717, 1.165) is 19.3 Å². The number of aliphatic imine (C=N–C) groups is 1. The molecule has 2 rings (SSSR count). The lowest BCUT2D eigenvalue weighted by Crippen LogP contribution is -2.46. The first kappa shape index (κ1) is 23.9. The van der Waals surface area contributed by atoms with Crippen molar-refractivity contribution in [1.29, 1.82) is 0 Å². The van der Waals surface area contributed by atoms with Gasteiger partial charge in [-0.15, -0.1) is 24.0 Å². The van der Waals surface area contributed by atoms with Gasteiger partial charge < -0.3 is 20.5 Å². The van der Waals surface area contributed by atoms with Crippen molar-refractivity contribution in [2.45, 2.75) is 32.1 Å². The zero-order chi connectivity index (χ0) is 18.2. The Morgan fingerprint density at radius 1 is 1.35 bits per heavy atom. The smallest absolute Gasteiger partial charge is 0.213 e. The Morgan fingerprint density at radius 3 is 2.65 bits per heavy atom. The van der Waals surface area contributed by atoms with Crippen LogP contribution in [0.25, 0.3) is 0 Å². The molecule has 0 spiro atoms. The molecule has 1 saturated heterocycles. The summed E-state index contributed by atoms with van der Waals surface area (Å²) in [6, 6.07) is 0. The van der Waals surface area contributed by atoms with Gasteiger partial charge in [0.05, 0.1) is 12.4 Å². The number of rotatable bonds is 10. The summed E-state index contributed by atoms with van der Waals surface area (Å²) in [7, 11) is -1.60. The van der Waals surface area contributed by atoms with E-state index in [4.69, 9.17) is 4.74 Å². The van der Waals surface area contributed by atoms with Crippen LogP contribution in [0.5, 0.6) is 0 Å². The molecular formula is C16H33IN4O4S. The quantitative estimate of drug-likeness (QED) is 0.193. The highest BCUT2D eigenvalue weighted by atomic mass is 127. The van der Waals surface area contributed by atoms with Gasteiger partial charge in [0.2, 0.25) is 10.0 Å². The predicted molar refractivity (Wildman–Crippen MR) is 113 cm³/mol. The van der Waals surface area contributed by atoms with E-state index in [0.29, 0.717) is 51.1 Å². The van der Waals surface area contributed by atoms with Gasteiger partial charge in [-0.3, -0.25) is 4.99 Å². The fourth-order valence-corrected chi connectivity index (χ4v) is 4.13. The van der Waals surface area contributed by atoms with Crippen molar-refractivity contribution in [2.24, 2.45) is 16.3 Å². The Hall–Kier alpha value is -0.170. The summed E-state index contributed by atoms with van der Waals surface area (Å²) >= 11 is 0. The van der Waals surface area contributed by atoms with Crippen molar-refractivity contribution in [3.63, 3.8) is 0 Å². The average Bonchev–Trinajstić information content (AvgIpc) is 2.98. The maximum Gasteiger partial charge on any atom is 0.213 e. The molecule has 1 aliphatic heterocycles. The normalized spacial score (nSPS) is 24.0. The van der Waals surface area contributed by atoms with Gasteiger partial charge in [0.1, 0.15) is 0 Å². The van der Waals surface area contributed by atoms with Gasteiger partial charge in [0, 0.05) is 45.3 Å². The van der Waals surface area contributed by atoms with Crippen molar-refractivity contribution >= 4 is 40.0 Å². The standard InChI is InChI=1S/C16H32N4O4S.HI/c1-17-15(19-12-16(5-8-21)6-9-24-13-16)18-7-10-25(22,23)20-11-14-3-2-4-14;/h14,20-21H,2-13H2,1H3,(H2,17,18,19);1H. The largest absolute Gasteiger partial charge is 0.396 e. The summed E-state index contributed by atoms with van der Waals surface area (Å²) in [4.78, 5) is 4.13. The van der Waals surface area contributed by atoms with E-state index in [1.807, 2.05) is 0 Å². The molecule has 4 N–H and O–H groups in total. The molecule has 2 fully saturated rings. The van der Waals surface area contributed by atoms with Crippen LogP contribution < -0.4 is 15.4 Å². The molecule has 10 heteroatoms. The molecule has 1 unspecified atom stereocenters. The Kier molecular flexibility index (Phi) is 10.7. The van der Waals surface area contributed by atoms with Crippen LogP contribution in [0, 0.1) is 11.3 Å². The highest BCUT2D eigenvalue weighted by molar-refractivity contribution is 14.0. The Bertz CT molecular complexity index is 534. The number of aliphatic hydroxyl groups excluding tert-OH is 1. The first-order chi connectivity index (χ1) is 12.0. The molecule has 0 aromatic carbocycles. The van der Waals surface area contributed by atoms with E-state index < -0.39 is 10.0 Å². The maximum atomic E-state index is 12.0.